The topological polar surface area (TPSA) is 35.5 Å². The van der Waals surface area contributed by atoms with Crippen molar-refractivity contribution in [3.63, 3.8) is 0 Å². The van der Waals surface area contributed by atoms with Crippen molar-refractivity contribution >= 4 is 17.9 Å². The predicted octanol–water partition coefficient (Wildman–Crippen LogP) is 3.84. The highest BCUT2D eigenvalue weighted by molar-refractivity contribution is 6.32. The van der Waals surface area contributed by atoms with Gasteiger partial charge in [0.05, 0.1) is 19.2 Å². The third-order valence-electron chi connectivity index (χ3n) is 2.82. The van der Waals surface area contributed by atoms with E-state index in [2.05, 4.69) is 0 Å². The highest BCUT2D eigenvalue weighted by Gasteiger charge is 2.09. The van der Waals surface area contributed by atoms with Crippen molar-refractivity contribution in [2.75, 3.05) is 14.2 Å². The van der Waals surface area contributed by atoms with Crippen LogP contribution in [0.15, 0.2) is 36.4 Å². The Morgan fingerprint density at radius 3 is 2.26 bits per heavy atom. The standard InChI is InChI=1S/C15H13ClO3/c1-18-14-5-3-10(9-17)7-12(14)11-4-6-15(19-2)13(16)8-11/h3-9H,1-2H3. The lowest BCUT2D eigenvalue weighted by Gasteiger charge is -2.11. The Labute approximate surface area is 116 Å². The first-order valence-corrected chi connectivity index (χ1v) is 6.04. The van der Waals surface area contributed by atoms with E-state index >= 15 is 0 Å². The van der Waals surface area contributed by atoms with Gasteiger partial charge in [-0.3, -0.25) is 4.79 Å². The van der Waals surface area contributed by atoms with Crippen molar-refractivity contribution in [2.45, 2.75) is 0 Å². The second-order valence-electron chi connectivity index (χ2n) is 3.93. The van der Waals surface area contributed by atoms with E-state index in [1.807, 2.05) is 6.07 Å². The second kappa shape index (κ2) is 5.76. The molecular weight excluding hydrogens is 264 g/mol. The van der Waals surface area contributed by atoms with E-state index in [0.717, 1.165) is 17.4 Å². The number of ether oxygens (including phenoxy) is 2. The van der Waals surface area contributed by atoms with Crippen LogP contribution in [-0.2, 0) is 0 Å². The van der Waals surface area contributed by atoms with Gasteiger partial charge in [0.15, 0.2) is 0 Å². The number of aldehydes is 1. The molecule has 4 heteroatoms. The molecule has 0 radical (unpaired) electrons. The molecule has 0 bridgehead atoms. The molecule has 0 heterocycles. The molecular formula is C15H13ClO3. The van der Waals surface area contributed by atoms with Gasteiger partial charge in [-0.1, -0.05) is 17.7 Å². The molecule has 19 heavy (non-hydrogen) atoms. The third-order valence-corrected chi connectivity index (χ3v) is 3.12. The third kappa shape index (κ3) is 2.71. The molecule has 0 aliphatic heterocycles. The van der Waals surface area contributed by atoms with Gasteiger partial charge in [0.1, 0.15) is 17.8 Å². The fourth-order valence-electron chi connectivity index (χ4n) is 1.86. The zero-order valence-corrected chi connectivity index (χ0v) is 11.4. The highest BCUT2D eigenvalue weighted by Crippen LogP contribution is 2.35. The normalized spacial score (nSPS) is 10.1. The number of carbonyl (C=O) groups is 1. The maximum atomic E-state index is 10.9. The number of carbonyl (C=O) groups excluding carboxylic acids is 1. The summed E-state index contributed by atoms with van der Waals surface area (Å²) < 4.78 is 10.4. The molecule has 2 aromatic carbocycles. The Kier molecular flexibility index (Phi) is 4.07. The number of benzene rings is 2. The summed E-state index contributed by atoms with van der Waals surface area (Å²) in [4.78, 5) is 10.9. The van der Waals surface area contributed by atoms with Crippen LogP contribution < -0.4 is 9.47 Å². The van der Waals surface area contributed by atoms with Gasteiger partial charge in [-0.2, -0.15) is 0 Å². The number of halogens is 1. The Balaban J connectivity index is 2.56. The van der Waals surface area contributed by atoms with Crippen molar-refractivity contribution in [1.29, 1.82) is 0 Å². The van der Waals surface area contributed by atoms with Crippen LogP contribution in [0, 0.1) is 0 Å². The first kappa shape index (κ1) is 13.4. The highest BCUT2D eigenvalue weighted by atomic mass is 35.5. The average molecular weight is 277 g/mol. The summed E-state index contributed by atoms with van der Waals surface area (Å²) >= 11 is 6.11. The van der Waals surface area contributed by atoms with Gasteiger partial charge in [0.2, 0.25) is 0 Å². The minimum absolute atomic E-state index is 0.513. The molecule has 0 spiro atoms. The van der Waals surface area contributed by atoms with Crippen molar-refractivity contribution in [2.24, 2.45) is 0 Å². The van der Waals surface area contributed by atoms with E-state index in [1.165, 1.54) is 0 Å². The Morgan fingerprint density at radius 1 is 1.00 bits per heavy atom. The summed E-state index contributed by atoms with van der Waals surface area (Å²) in [5.41, 5.74) is 2.27. The average Bonchev–Trinajstić information content (AvgIpc) is 2.46. The summed E-state index contributed by atoms with van der Waals surface area (Å²) in [5.74, 6) is 1.29. The Morgan fingerprint density at radius 2 is 1.68 bits per heavy atom. The van der Waals surface area contributed by atoms with Crippen molar-refractivity contribution in [3.8, 4) is 22.6 Å². The van der Waals surface area contributed by atoms with E-state index in [-0.39, 0.29) is 0 Å². The Hall–Kier alpha value is -2.00. The van der Waals surface area contributed by atoms with E-state index in [1.54, 1.807) is 44.6 Å². The van der Waals surface area contributed by atoms with Crippen molar-refractivity contribution in [3.05, 3.63) is 47.0 Å². The summed E-state index contributed by atoms with van der Waals surface area (Å²) in [6.45, 7) is 0. The van der Waals surface area contributed by atoms with E-state index in [4.69, 9.17) is 21.1 Å². The smallest absolute Gasteiger partial charge is 0.150 e. The molecule has 2 aromatic rings. The maximum absolute atomic E-state index is 10.9. The molecule has 98 valence electrons. The van der Waals surface area contributed by atoms with Crippen LogP contribution in [0.25, 0.3) is 11.1 Å². The van der Waals surface area contributed by atoms with Crippen LogP contribution in [0.1, 0.15) is 10.4 Å². The maximum Gasteiger partial charge on any atom is 0.150 e. The predicted molar refractivity (Wildman–Crippen MR) is 75.4 cm³/mol. The van der Waals surface area contributed by atoms with Gasteiger partial charge in [0, 0.05) is 11.1 Å². The molecule has 0 N–H and O–H groups in total. The number of hydrogen-bond donors (Lipinski definition) is 0. The van der Waals surface area contributed by atoms with E-state index in [9.17, 15) is 4.79 Å². The fourth-order valence-corrected chi connectivity index (χ4v) is 2.12. The summed E-state index contributed by atoms with van der Waals surface area (Å²) in [6.07, 6.45) is 0.800. The molecule has 0 aliphatic rings. The molecule has 0 saturated carbocycles. The molecule has 0 amide bonds. The molecule has 0 saturated heterocycles. The minimum atomic E-state index is 0.513. The summed E-state index contributed by atoms with van der Waals surface area (Å²) in [6, 6.07) is 10.7. The monoisotopic (exact) mass is 276 g/mol. The molecule has 0 unspecified atom stereocenters. The van der Waals surface area contributed by atoms with Crippen LogP contribution in [0.3, 0.4) is 0 Å². The van der Waals surface area contributed by atoms with Gasteiger partial charge in [0.25, 0.3) is 0 Å². The van der Waals surface area contributed by atoms with Crippen LogP contribution in [0.5, 0.6) is 11.5 Å². The number of hydrogen-bond acceptors (Lipinski definition) is 3. The summed E-state index contributed by atoms with van der Waals surface area (Å²) in [5, 5.41) is 0.513. The first-order chi connectivity index (χ1) is 9.19. The lowest BCUT2D eigenvalue weighted by Crippen LogP contribution is -1.91. The quantitative estimate of drug-likeness (QED) is 0.796. The largest absolute Gasteiger partial charge is 0.496 e. The zero-order chi connectivity index (χ0) is 13.8. The van der Waals surface area contributed by atoms with Gasteiger partial charge < -0.3 is 9.47 Å². The van der Waals surface area contributed by atoms with Crippen LogP contribution in [-0.4, -0.2) is 20.5 Å². The van der Waals surface area contributed by atoms with Crippen LogP contribution >= 0.6 is 11.6 Å². The van der Waals surface area contributed by atoms with Crippen LogP contribution in [0.2, 0.25) is 5.02 Å². The van der Waals surface area contributed by atoms with Crippen molar-refractivity contribution in [1.82, 2.24) is 0 Å². The first-order valence-electron chi connectivity index (χ1n) is 5.66. The minimum Gasteiger partial charge on any atom is -0.496 e. The van der Waals surface area contributed by atoms with Gasteiger partial charge >= 0.3 is 0 Å². The lowest BCUT2D eigenvalue weighted by molar-refractivity contribution is 0.112. The van der Waals surface area contributed by atoms with Gasteiger partial charge in [-0.25, -0.2) is 0 Å². The van der Waals surface area contributed by atoms with Gasteiger partial charge in [-0.15, -0.1) is 0 Å². The molecule has 0 aromatic heterocycles. The van der Waals surface area contributed by atoms with E-state index in [0.29, 0.717) is 22.1 Å². The van der Waals surface area contributed by atoms with E-state index < -0.39 is 0 Å². The Bertz CT molecular complexity index is 608. The molecule has 0 fully saturated rings. The fraction of sp³-hybridized carbons (Fsp3) is 0.133. The zero-order valence-electron chi connectivity index (χ0n) is 10.6. The summed E-state index contributed by atoms with van der Waals surface area (Å²) in [7, 11) is 3.15. The SMILES string of the molecule is COc1ccc(-c2cc(C=O)ccc2OC)cc1Cl. The number of rotatable bonds is 4. The molecule has 3 nitrogen and oxygen atoms in total. The molecule has 2 rings (SSSR count). The van der Waals surface area contributed by atoms with Gasteiger partial charge in [-0.05, 0) is 35.9 Å². The molecule has 0 aliphatic carbocycles. The lowest BCUT2D eigenvalue weighted by atomic mass is 10.0. The second-order valence-corrected chi connectivity index (χ2v) is 4.33. The van der Waals surface area contributed by atoms with Crippen molar-refractivity contribution < 1.29 is 14.3 Å². The van der Waals surface area contributed by atoms with Crippen LogP contribution in [0.4, 0.5) is 0 Å². The molecule has 0 atom stereocenters. The number of methoxy groups -OCH3 is 2.